The number of nitrogens with one attached hydrogen (secondary N) is 1. The summed E-state index contributed by atoms with van der Waals surface area (Å²) in [7, 11) is 0. The van der Waals surface area contributed by atoms with Crippen LogP contribution in [-0.4, -0.2) is 25.7 Å². The SMILES string of the molecule is CCOCCOc1ccccc1C(=O)NC1CC(C)(C)Cc2oc(C)cc21. The topological polar surface area (TPSA) is 60.7 Å². The highest BCUT2D eigenvalue weighted by Crippen LogP contribution is 2.42. The van der Waals surface area contributed by atoms with Crippen molar-refractivity contribution in [3.8, 4) is 5.75 Å². The summed E-state index contributed by atoms with van der Waals surface area (Å²) in [5.74, 6) is 2.31. The first-order valence-corrected chi connectivity index (χ1v) is 9.59. The summed E-state index contributed by atoms with van der Waals surface area (Å²) in [6.07, 6.45) is 1.76. The summed E-state index contributed by atoms with van der Waals surface area (Å²) >= 11 is 0. The minimum Gasteiger partial charge on any atom is -0.490 e. The number of ether oxygens (including phenoxy) is 2. The number of furan rings is 1. The van der Waals surface area contributed by atoms with Crippen molar-refractivity contribution in [1.29, 1.82) is 0 Å². The van der Waals surface area contributed by atoms with Gasteiger partial charge >= 0.3 is 0 Å². The Balaban J connectivity index is 1.76. The summed E-state index contributed by atoms with van der Waals surface area (Å²) in [4.78, 5) is 13.0. The number of para-hydroxylation sites is 1. The van der Waals surface area contributed by atoms with Crippen molar-refractivity contribution in [3.05, 3.63) is 53.0 Å². The molecule has 0 bridgehead atoms. The van der Waals surface area contributed by atoms with Gasteiger partial charge in [0.15, 0.2) is 0 Å². The molecule has 0 fully saturated rings. The van der Waals surface area contributed by atoms with Crippen LogP contribution in [0.4, 0.5) is 0 Å². The van der Waals surface area contributed by atoms with Gasteiger partial charge in [-0.3, -0.25) is 4.79 Å². The van der Waals surface area contributed by atoms with Gasteiger partial charge in [-0.2, -0.15) is 0 Å². The summed E-state index contributed by atoms with van der Waals surface area (Å²) < 4.78 is 16.9. The van der Waals surface area contributed by atoms with Crippen LogP contribution >= 0.6 is 0 Å². The van der Waals surface area contributed by atoms with Crippen LogP contribution in [0.5, 0.6) is 5.75 Å². The van der Waals surface area contributed by atoms with Gasteiger partial charge in [-0.25, -0.2) is 0 Å². The zero-order valence-corrected chi connectivity index (χ0v) is 16.6. The zero-order valence-electron chi connectivity index (χ0n) is 16.6. The molecule has 5 heteroatoms. The molecule has 27 heavy (non-hydrogen) atoms. The van der Waals surface area contributed by atoms with E-state index in [4.69, 9.17) is 13.9 Å². The Hall–Kier alpha value is -2.27. The molecule has 0 aliphatic heterocycles. The maximum atomic E-state index is 13.0. The van der Waals surface area contributed by atoms with Crippen LogP contribution in [-0.2, 0) is 11.2 Å². The number of carbonyl (C=O) groups excluding carboxylic acids is 1. The second-order valence-corrected chi connectivity index (χ2v) is 7.85. The molecule has 3 rings (SSSR count). The van der Waals surface area contributed by atoms with Gasteiger partial charge < -0.3 is 19.2 Å². The van der Waals surface area contributed by atoms with E-state index in [1.54, 1.807) is 6.07 Å². The molecule has 0 saturated heterocycles. The van der Waals surface area contributed by atoms with Crippen molar-refractivity contribution in [2.75, 3.05) is 19.8 Å². The lowest BCUT2D eigenvalue weighted by Crippen LogP contribution is -2.36. The number of amides is 1. The van der Waals surface area contributed by atoms with E-state index >= 15 is 0 Å². The number of aryl methyl sites for hydroxylation is 1. The maximum absolute atomic E-state index is 13.0. The van der Waals surface area contributed by atoms with Crippen molar-refractivity contribution in [2.45, 2.75) is 46.6 Å². The molecule has 1 N–H and O–H groups in total. The second kappa shape index (κ2) is 8.17. The summed E-state index contributed by atoms with van der Waals surface area (Å²) in [5, 5.41) is 3.19. The molecule has 1 amide bonds. The van der Waals surface area contributed by atoms with Crippen molar-refractivity contribution in [1.82, 2.24) is 5.32 Å². The molecule has 1 aromatic carbocycles. The molecule has 1 aliphatic rings. The molecule has 1 unspecified atom stereocenters. The molecule has 0 saturated carbocycles. The van der Waals surface area contributed by atoms with E-state index < -0.39 is 0 Å². The van der Waals surface area contributed by atoms with Gasteiger partial charge in [0, 0.05) is 18.6 Å². The molecule has 0 radical (unpaired) electrons. The average Bonchev–Trinajstić information content (AvgIpc) is 2.98. The van der Waals surface area contributed by atoms with Crippen molar-refractivity contribution < 1.29 is 18.7 Å². The number of benzene rings is 1. The molecule has 5 nitrogen and oxygen atoms in total. The molecule has 1 heterocycles. The van der Waals surface area contributed by atoms with Crippen molar-refractivity contribution in [3.63, 3.8) is 0 Å². The third-order valence-corrected chi connectivity index (χ3v) is 4.86. The van der Waals surface area contributed by atoms with Gasteiger partial charge in [0.25, 0.3) is 5.91 Å². The van der Waals surface area contributed by atoms with Crippen LogP contribution in [0.2, 0.25) is 0 Å². The molecule has 0 spiro atoms. The predicted molar refractivity (Wildman–Crippen MR) is 104 cm³/mol. The fraction of sp³-hybridized carbons (Fsp3) is 0.500. The minimum absolute atomic E-state index is 0.0646. The Morgan fingerprint density at radius 2 is 2.07 bits per heavy atom. The first-order valence-electron chi connectivity index (χ1n) is 9.59. The number of fused-ring (bicyclic) bond motifs is 1. The number of hydrogen-bond donors (Lipinski definition) is 1. The molecule has 2 aromatic rings. The van der Waals surface area contributed by atoms with Crippen LogP contribution < -0.4 is 10.1 Å². The van der Waals surface area contributed by atoms with E-state index in [9.17, 15) is 4.79 Å². The number of carbonyl (C=O) groups is 1. The number of rotatable bonds is 7. The van der Waals surface area contributed by atoms with E-state index in [-0.39, 0.29) is 17.4 Å². The Kier molecular flexibility index (Phi) is 5.90. The van der Waals surface area contributed by atoms with Crippen LogP contribution in [0.3, 0.4) is 0 Å². The Bertz CT molecular complexity index is 793. The molecule has 146 valence electrons. The predicted octanol–water partition coefficient (Wildman–Crippen LogP) is 4.45. The van der Waals surface area contributed by atoms with E-state index in [2.05, 4.69) is 19.2 Å². The monoisotopic (exact) mass is 371 g/mol. The molecule has 1 atom stereocenters. The Morgan fingerprint density at radius 1 is 1.30 bits per heavy atom. The maximum Gasteiger partial charge on any atom is 0.255 e. The third kappa shape index (κ3) is 4.72. The van der Waals surface area contributed by atoms with Crippen LogP contribution in [0.15, 0.2) is 34.7 Å². The van der Waals surface area contributed by atoms with Crippen LogP contribution in [0.1, 0.15) is 60.7 Å². The van der Waals surface area contributed by atoms with E-state index in [0.717, 1.165) is 29.9 Å². The van der Waals surface area contributed by atoms with Crippen molar-refractivity contribution >= 4 is 5.91 Å². The van der Waals surface area contributed by atoms with Gasteiger partial charge in [-0.05, 0) is 43.9 Å². The summed E-state index contributed by atoms with van der Waals surface area (Å²) in [6.45, 7) is 9.87. The van der Waals surface area contributed by atoms with Gasteiger partial charge in [-0.15, -0.1) is 0 Å². The standard InChI is InChI=1S/C22H29NO4/c1-5-25-10-11-26-19-9-7-6-8-16(19)21(24)23-18-13-22(3,4)14-20-17(18)12-15(2)27-20/h6-9,12,18H,5,10-11,13-14H2,1-4H3,(H,23,24). The summed E-state index contributed by atoms with van der Waals surface area (Å²) in [6, 6.07) is 9.31. The van der Waals surface area contributed by atoms with Gasteiger partial charge in [0.2, 0.25) is 0 Å². The third-order valence-electron chi connectivity index (χ3n) is 4.86. The molecular weight excluding hydrogens is 342 g/mol. The first kappa shape index (κ1) is 19.5. The highest BCUT2D eigenvalue weighted by Gasteiger charge is 2.35. The fourth-order valence-corrected chi connectivity index (χ4v) is 3.68. The highest BCUT2D eigenvalue weighted by molar-refractivity contribution is 5.97. The van der Waals surface area contributed by atoms with Gasteiger partial charge in [-0.1, -0.05) is 26.0 Å². The second-order valence-electron chi connectivity index (χ2n) is 7.85. The highest BCUT2D eigenvalue weighted by atomic mass is 16.5. The summed E-state index contributed by atoms with van der Waals surface area (Å²) in [5.41, 5.74) is 1.71. The lowest BCUT2D eigenvalue weighted by molar-refractivity contribution is 0.0902. The van der Waals surface area contributed by atoms with Crippen LogP contribution in [0, 0.1) is 12.3 Å². The van der Waals surface area contributed by atoms with Gasteiger partial charge in [0.1, 0.15) is 23.9 Å². The van der Waals surface area contributed by atoms with E-state index in [1.807, 2.05) is 38.1 Å². The normalized spacial score (nSPS) is 18.0. The lowest BCUT2D eigenvalue weighted by Gasteiger charge is -2.34. The smallest absolute Gasteiger partial charge is 0.255 e. The average molecular weight is 371 g/mol. The fourth-order valence-electron chi connectivity index (χ4n) is 3.68. The van der Waals surface area contributed by atoms with E-state index in [1.165, 1.54) is 0 Å². The first-order chi connectivity index (χ1) is 12.9. The molecule has 1 aromatic heterocycles. The number of hydrogen-bond acceptors (Lipinski definition) is 4. The molecular formula is C22H29NO4. The Labute approximate surface area is 161 Å². The Morgan fingerprint density at radius 3 is 2.85 bits per heavy atom. The largest absolute Gasteiger partial charge is 0.490 e. The minimum atomic E-state index is -0.130. The van der Waals surface area contributed by atoms with Gasteiger partial charge in [0.05, 0.1) is 18.2 Å². The lowest BCUT2D eigenvalue weighted by atomic mass is 9.74. The quantitative estimate of drug-likeness (QED) is 0.731. The van der Waals surface area contributed by atoms with Crippen molar-refractivity contribution in [2.24, 2.45) is 5.41 Å². The van der Waals surface area contributed by atoms with Crippen LogP contribution in [0.25, 0.3) is 0 Å². The van der Waals surface area contributed by atoms with E-state index in [0.29, 0.717) is 31.1 Å². The zero-order chi connectivity index (χ0) is 19.4. The molecule has 1 aliphatic carbocycles.